The molecule has 0 aliphatic rings. The summed E-state index contributed by atoms with van der Waals surface area (Å²) >= 11 is 0. The zero-order chi connectivity index (χ0) is 12.8. The van der Waals surface area contributed by atoms with Crippen LogP contribution in [0, 0.1) is 5.41 Å². The summed E-state index contributed by atoms with van der Waals surface area (Å²) in [5.41, 5.74) is 5.93. The summed E-state index contributed by atoms with van der Waals surface area (Å²) in [7, 11) is 0. The van der Waals surface area contributed by atoms with E-state index in [1.54, 1.807) is 17.1 Å². The highest BCUT2D eigenvalue weighted by molar-refractivity contribution is 5.77. The van der Waals surface area contributed by atoms with Crippen molar-refractivity contribution in [2.75, 3.05) is 13.1 Å². The van der Waals surface area contributed by atoms with Gasteiger partial charge in [-0.05, 0) is 5.41 Å². The Morgan fingerprint density at radius 3 is 2.06 bits per heavy atom. The standard InChI is InChI=1S/C13H24N2O/c1-6-8-15(9-7-2)12(16)10-11(14)13(3,4)5/h6-7,11H,1-2,8-10,14H2,3-5H3. The van der Waals surface area contributed by atoms with Crippen LogP contribution in [0.2, 0.25) is 0 Å². The molecule has 3 heteroatoms. The van der Waals surface area contributed by atoms with E-state index in [1.165, 1.54) is 0 Å². The molecule has 0 saturated carbocycles. The highest BCUT2D eigenvalue weighted by atomic mass is 16.2. The van der Waals surface area contributed by atoms with Gasteiger partial charge in [0.15, 0.2) is 0 Å². The van der Waals surface area contributed by atoms with Crippen molar-refractivity contribution in [3.8, 4) is 0 Å². The Bertz CT molecular complexity index is 243. The Morgan fingerprint density at radius 1 is 1.31 bits per heavy atom. The Balaban J connectivity index is 4.40. The van der Waals surface area contributed by atoms with Gasteiger partial charge in [0, 0.05) is 25.6 Å². The van der Waals surface area contributed by atoms with Crippen LogP contribution >= 0.6 is 0 Å². The summed E-state index contributed by atoms with van der Waals surface area (Å²) in [6.07, 6.45) is 3.79. The van der Waals surface area contributed by atoms with Crippen LogP contribution < -0.4 is 5.73 Å². The number of nitrogens with two attached hydrogens (primary N) is 1. The first-order valence-electron chi connectivity index (χ1n) is 5.58. The first-order valence-corrected chi connectivity index (χ1v) is 5.58. The van der Waals surface area contributed by atoms with Crippen LogP contribution in [0.1, 0.15) is 27.2 Å². The molecule has 0 rings (SSSR count). The van der Waals surface area contributed by atoms with Gasteiger partial charge in [0.2, 0.25) is 5.91 Å². The minimum atomic E-state index is -0.128. The molecule has 2 N–H and O–H groups in total. The van der Waals surface area contributed by atoms with E-state index in [2.05, 4.69) is 13.2 Å². The number of hydrogen-bond donors (Lipinski definition) is 1. The summed E-state index contributed by atoms with van der Waals surface area (Å²) in [6, 6.07) is -0.128. The minimum absolute atomic E-state index is 0.0519. The number of rotatable bonds is 6. The molecule has 0 fully saturated rings. The van der Waals surface area contributed by atoms with Crippen molar-refractivity contribution in [3.05, 3.63) is 25.3 Å². The molecule has 92 valence electrons. The molecule has 0 aromatic heterocycles. The monoisotopic (exact) mass is 224 g/mol. The quantitative estimate of drug-likeness (QED) is 0.701. The van der Waals surface area contributed by atoms with Crippen LogP contribution in [0.4, 0.5) is 0 Å². The van der Waals surface area contributed by atoms with Crippen molar-refractivity contribution in [2.45, 2.75) is 33.2 Å². The summed E-state index contributed by atoms with van der Waals surface area (Å²) in [5, 5.41) is 0. The van der Waals surface area contributed by atoms with E-state index in [0.717, 1.165) is 0 Å². The first-order chi connectivity index (χ1) is 7.32. The maximum absolute atomic E-state index is 11.9. The molecule has 0 radical (unpaired) electrons. The van der Waals surface area contributed by atoms with Gasteiger partial charge in [-0.1, -0.05) is 32.9 Å². The Hall–Kier alpha value is -1.09. The van der Waals surface area contributed by atoms with Gasteiger partial charge in [-0.15, -0.1) is 13.2 Å². The highest BCUT2D eigenvalue weighted by Gasteiger charge is 2.24. The van der Waals surface area contributed by atoms with Gasteiger partial charge in [0.1, 0.15) is 0 Å². The second-order valence-electron chi connectivity index (χ2n) is 5.05. The predicted molar refractivity (Wildman–Crippen MR) is 69.0 cm³/mol. The Kier molecular flexibility index (Phi) is 6.04. The summed E-state index contributed by atoms with van der Waals surface area (Å²) in [4.78, 5) is 13.6. The second-order valence-corrected chi connectivity index (χ2v) is 5.05. The van der Waals surface area contributed by atoms with Crippen LogP contribution in [-0.2, 0) is 4.79 Å². The van der Waals surface area contributed by atoms with E-state index in [0.29, 0.717) is 19.5 Å². The molecule has 0 aromatic carbocycles. The van der Waals surface area contributed by atoms with E-state index >= 15 is 0 Å². The SMILES string of the molecule is C=CCN(CC=C)C(=O)CC(N)C(C)(C)C. The number of amides is 1. The molecule has 16 heavy (non-hydrogen) atoms. The third-order valence-electron chi connectivity index (χ3n) is 2.56. The van der Waals surface area contributed by atoms with E-state index in [-0.39, 0.29) is 17.4 Å². The summed E-state index contributed by atoms with van der Waals surface area (Å²) in [5.74, 6) is 0.0576. The third-order valence-corrected chi connectivity index (χ3v) is 2.56. The van der Waals surface area contributed by atoms with E-state index in [4.69, 9.17) is 5.73 Å². The fraction of sp³-hybridized carbons (Fsp3) is 0.615. The lowest BCUT2D eigenvalue weighted by Crippen LogP contribution is -2.41. The van der Waals surface area contributed by atoms with Crippen LogP contribution in [0.15, 0.2) is 25.3 Å². The average Bonchev–Trinajstić information content (AvgIpc) is 2.15. The summed E-state index contributed by atoms with van der Waals surface area (Å²) in [6.45, 7) is 14.5. The van der Waals surface area contributed by atoms with Gasteiger partial charge in [0.05, 0.1) is 0 Å². The maximum atomic E-state index is 11.9. The van der Waals surface area contributed by atoms with E-state index in [1.807, 2.05) is 20.8 Å². The smallest absolute Gasteiger partial charge is 0.224 e. The lowest BCUT2D eigenvalue weighted by Gasteiger charge is -2.29. The Labute approximate surface area is 99.0 Å². The number of carbonyl (C=O) groups is 1. The molecule has 0 aliphatic heterocycles. The molecule has 0 spiro atoms. The lowest BCUT2D eigenvalue weighted by molar-refractivity contribution is -0.131. The fourth-order valence-corrected chi connectivity index (χ4v) is 1.21. The topological polar surface area (TPSA) is 46.3 Å². The van der Waals surface area contributed by atoms with Crippen molar-refractivity contribution < 1.29 is 4.79 Å². The van der Waals surface area contributed by atoms with Gasteiger partial charge < -0.3 is 10.6 Å². The first kappa shape index (κ1) is 14.9. The van der Waals surface area contributed by atoms with Gasteiger partial charge in [-0.2, -0.15) is 0 Å². The van der Waals surface area contributed by atoms with Crippen molar-refractivity contribution in [3.63, 3.8) is 0 Å². The van der Waals surface area contributed by atoms with Crippen LogP contribution in [0.3, 0.4) is 0 Å². The van der Waals surface area contributed by atoms with E-state index in [9.17, 15) is 4.79 Å². The molecule has 0 aliphatic carbocycles. The molecular weight excluding hydrogens is 200 g/mol. The number of hydrogen-bond acceptors (Lipinski definition) is 2. The molecule has 1 atom stereocenters. The molecule has 1 unspecified atom stereocenters. The van der Waals surface area contributed by atoms with Gasteiger partial charge >= 0.3 is 0 Å². The van der Waals surface area contributed by atoms with Crippen LogP contribution in [0.25, 0.3) is 0 Å². The molecule has 1 amide bonds. The van der Waals surface area contributed by atoms with Crippen molar-refractivity contribution >= 4 is 5.91 Å². The summed E-state index contributed by atoms with van der Waals surface area (Å²) < 4.78 is 0. The van der Waals surface area contributed by atoms with Gasteiger partial charge in [-0.3, -0.25) is 4.79 Å². The molecule has 0 aromatic rings. The zero-order valence-electron chi connectivity index (χ0n) is 10.7. The van der Waals surface area contributed by atoms with Crippen molar-refractivity contribution in [1.29, 1.82) is 0 Å². The average molecular weight is 224 g/mol. The largest absolute Gasteiger partial charge is 0.335 e. The van der Waals surface area contributed by atoms with Gasteiger partial charge in [-0.25, -0.2) is 0 Å². The molecule has 3 nitrogen and oxygen atoms in total. The highest BCUT2D eigenvalue weighted by Crippen LogP contribution is 2.20. The van der Waals surface area contributed by atoms with E-state index < -0.39 is 0 Å². The number of nitrogens with zero attached hydrogens (tertiary/aromatic N) is 1. The molecule has 0 heterocycles. The van der Waals surface area contributed by atoms with Gasteiger partial charge in [0.25, 0.3) is 0 Å². The third kappa shape index (κ3) is 5.12. The lowest BCUT2D eigenvalue weighted by atomic mass is 9.85. The maximum Gasteiger partial charge on any atom is 0.224 e. The van der Waals surface area contributed by atoms with Crippen molar-refractivity contribution in [2.24, 2.45) is 11.1 Å². The second kappa shape index (κ2) is 6.48. The minimum Gasteiger partial charge on any atom is -0.335 e. The normalized spacial score (nSPS) is 13.0. The van der Waals surface area contributed by atoms with Crippen LogP contribution in [0.5, 0.6) is 0 Å². The zero-order valence-corrected chi connectivity index (χ0v) is 10.7. The van der Waals surface area contributed by atoms with Crippen LogP contribution in [-0.4, -0.2) is 29.9 Å². The molecule has 0 saturated heterocycles. The molecule has 0 bridgehead atoms. The Morgan fingerprint density at radius 2 is 1.75 bits per heavy atom. The number of carbonyl (C=O) groups excluding carboxylic acids is 1. The fourth-order valence-electron chi connectivity index (χ4n) is 1.21. The predicted octanol–water partition coefficient (Wildman–Crippen LogP) is 1.95. The molecular formula is C13H24N2O. The van der Waals surface area contributed by atoms with Crippen molar-refractivity contribution in [1.82, 2.24) is 4.90 Å².